The van der Waals surface area contributed by atoms with Crippen molar-refractivity contribution in [2.45, 2.75) is 44.1 Å². The van der Waals surface area contributed by atoms with Gasteiger partial charge in [0.1, 0.15) is 0 Å². The molecule has 0 radical (unpaired) electrons. The summed E-state index contributed by atoms with van der Waals surface area (Å²) < 4.78 is 156. The van der Waals surface area contributed by atoms with Crippen molar-refractivity contribution in [2.24, 2.45) is 5.73 Å². The molecule has 0 aliphatic rings. The third kappa shape index (κ3) is 4.35. The maximum absolute atomic E-state index is 13.2. The summed E-state index contributed by atoms with van der Waals surface area (Å²) in [5.74, 6) is 0. The maximum Gasteiger partial charge on any atom is 0.417 e. The highest BCUT2D eigenvalue weighted by Gasteiger charge is 2.54. The van der Waals surface area contributed by atoms with Gasteiger partial charge < -0.3 is 5.73 Å². The van der Waals surface area contributed by atoms with E-state index in [0.717, 1.165) is 6.92 Å². The van der Waals surface area contributed by atoms with Crippen molar-refractivity contribution in [2.75, 3.05) is 0 Å². The van der Waals surface area contributed by atoms with Crippen molar-refractivity contribution in [3.05, 3.63) is 33.9 Å². The first-order chi connectivity index (χ1) is 11.3. The molecule has 0 aliphatic carbocycles. The Morgan fingerprint density at radius 1 is 0.692 bits per heavy atom. The molecule has 150 valence electrons. The first-order valence-electron chi connectivity index (χ1n) is 6.58. The summed E-state index contributed by atoms with van der Waals surface area (Å²) in [7, 11) is 0. The first-order valence-corrected chi connectivity index (χ1v) is 6.58. The molecule has 0 aromatic heterocycles. The van der Waals surface area contributed by atoms with E-state index in [-0.39, 0.29) is 0 Å². The second-order valence-electron chi connectivity index (χ2n) is 5.14. The van der Waals surface area contributed by atoms with Crippen molar-refractivity contribution in [3.63, 3.8) is 0 Å². The van der Waals surface area contributed by atoms with Crippen LogP contribution in [-0.2, 0) is 24.7 Å². The van der Waals surface area contributed by atoms with Crippen molar-refractivity contribution >= 4 is 0 Å². The van der Waals surface area contributed by atoms with Crippen LogP contribution in [-0.4, -0.2) is 0 Å². The fourth-order valence-electron chi connectivity index (χ4n) is 2.33. The number of benzene rings is 1. The number of hydrogen-bond donors (Lipinski definition) is 1. The normalized spacial score (nSPS) is 15.3. The van der Waals surface area contributed by atoms with Gasteiger partial charge in [-0.15, -0.1) is 0 Å². The van der Waals surface area contributed by atoms with Gasteiger partial charge in [0.25, 0.3) is 0 Å². The Bertz CT molecular complexity index is 662. The van der Waals surface area contributed by atoms with Crippen LogP contribution >= 0.6 is 0 Å². The molecule has 1 atom stereocenters. The average molecular weight is 407 g/mol. The SMILES string of the molecule is CCC(N)c1c(C(F)(F)F)cc(C(F)(F)F)c(C(F)(F)F)c1C(F)(F)F. The lowest BCUT2D eigenvalue weighted by Gasteiger charge is -2.28. The Labute approximate surface area is 137 Å². The number of rotatable bonds is 2. The van der Waals surface area contributed by atoms with Gasteiger partial charge in [0, 0.05) is 6.04 Å². The molecule has 13 heteroatoms. The second-order valence-corrected chi connectivity index (χ2v) is 5.14. The zero-order chi connectivity index (χ0) is 20.9. The average Bonchev–Trinajstić information content (AvgIpc) is 2.40. The molecule has 0 amide bonds. The van der Waals surface area contributed by atoms with Gasteiger partial charge in [0.15, 0.2) is 0 Å². The van der Waals surface area contributed by atoms with Crippen LogP contribution in [0.4, 0.5) is 52.7 Å². The Morgan fingerprint density at radius 3 is 1.35 bits per heavy atom. The number of nitrogens with two attached hydrogens (primary N) is 1. The van der Waals surface area contributed by atoms with Gasteiger partial charge in [-0.2, -0.15) is 52.7 Å². The van der Waals surface area contributed by atoms with Crippen molar-refractivity contribution in [3.8, 4) is 0 Å². The van der Waals surface area contributed by atoms with Crippen LogP contribution in [0.25, 0.3) is 0 Å². The van der Waals surface area contributed by atoms with Crippen molar-refractivity contribution in [1.29, 1.82) is 0 Å². The number of hydrogen-bond acceptors (Lipinski definition) is 1. The molecule has 0 spiro atoms. The van der Waals surface area contributed by atoms with Crippen LogP contribution in [0.2, 0.25) is 0 Å². The van der Waals surface area contributed by atoms with Crippen LogP contribution < -0.4 is 5.73 Å². The van der Waals surface area contributed by atoms with E-state index in [9.17, 15) is 52.7 Å². The van der Waals surface area contributed by atoms with Crippen LogP contribution in [0.3, 0.4) is 0 Å². The van der Waals surface area contributed by atoms with Crippen molar-refractivity contribution < 1.29 is 52.7 Å². The standard InChI is InChI=1S/C13H9F12N/c1-2-6(26)7-4(10(14,15)16)3-5(11(17,18)19)8(12(20,21)22)9(7)13(23,24)25/h3,6H,2,26H2,1H3. The molecule has 0 aliphatic heterocycles. The predicted octanol–water partition coefficient (Wildman–Crippen LogP) is 6.17. The zero-order valence-corrected chi connectivity index (χ0v) is 12.5. The molecular formula is C13H9F12N. The molecule has 1 unspecified atom stereocenters. The van der Waals surface area contributed by atoms with E-state index in [0.29, 0.717) is 0 Å². The molecule has 1 nitrogen and oxygen atoms in total. The summed E-state index contributed by atoms with van der Waals surface area (Å²) >= 11 is 0. The molecule has 0 fully saturated rings. The Hall–Kier alpha value is -1.66. The summed E-state index contributed by atoms with van der Waals surface area (Å²) in [6.45, 7) is 0.968. The number of halogens is 12. The summed E-state index contributed by atoms with van der Waals surface area (Å²) in [6, 6.07) is -3.21. The highest BCUT2D eigenvalue weighted by Crippen LogP contribution is 2.52. The maximum atomic E-state index is 13.2. The van der Waals surface area contributed by atoms with Crippen LogP contribution in [0.15, 0.2) is 6.07 Å². The Balaban J connectivity index is 4.33. The third-order valence-electron chi connectivity index (χ3n) is 3.36. The fourth-order valence-corrected chi connectivity index (χ4v) is 2.33. The van der Waals surface area contributed by atoms with Crippen molar-refractivity contribution in [1.82, 2.24) is 0 Å². The van der Waals surface area contributed by atoms with E-state index >= 15 is 0 Å². The molecule has 1 rings (SSSR count). The van der Waals surface area contributed by atoms with E-state index in [1.807, 2.05) is 0 Å². The smallest absolute Gasteiger partial charge is 0.324 e. The van der Waals surface area contributed by atoms with Gasteiger partial charge in [-0.3, -0.25) is 0 Å². The molecular weight excluding hydrogens is 398 g/mol. The summed E-state index contributed by atoms with van der Waals surface area (Å²) in [5, 5.41) is 0. The van der Waals surface area contributed by atoms with E-state index < -0.39 is 71.1 Å². The highest BCUT2D eigenvalue weighted by molar-refractivity contribution is 5.52. The summed E-state index contributed by atoms with van der Waals surface area (Å²) in [6.07, 6.45) is -25.0. The van der Waals surface area contributed by atoms with E-state index in [2.05, 4.69) is 0 Å². The largest absolute Gasteiger partial charge is 0.417 e. The van der Waals surface area contributed by atoms with Crippen LogP contribution in [0.5, 0.6) is 0 Å². The molecule has 2 N–H and O–H groups in total. The Kier molecular flexibility index (Phi) is 5.59. The number of alkyl halides is 12. The molecule has 0 saturated heterocycles. The molecule has 0 heterocycles. The summed E-state index contributed by atoms with van der Waals surface area (Å²) in [4.78, 5) is 0. The van der Waals surface area contributed by atoms with Gasteiger partial charge >= 0.3 is 24.7 Å². The van der Waals surface area contributed by atoms with E-state index in [1.165, 1.54) is 0 Å². The van der Waals surface area contributed by atoms with Gasteiger partial charge in [0.2, 0.25) is 0 Å². The first kappa shape index (κ1) is 22.4. The minimum Gasteiger partial charge on any atom is -0.324 e. The monoisotopic (exact) mass is 407 g/mol. The third-order valence-corrected chi connectivity index (χ3v) is 3.36. The minimum atomic E-state index is -6.23. The van der Waals surface area contributed by atoms with E-state index in [4.69, 9.17) is 5.73 Å². The molecule has 26 heavy (non-hydrogen) atoms. The lowest BCUT2D eigenvalue weighted by Crippen LogP contribution is -2.30. The quantitative estimate of drug-likeness (QED) is 0.583. The van der Waals surface area contributed by atoms with E-state index in [1.54, 1.807) is 0 Å². The summed E-state index contributed by atoms with van der Waals surface area (Å²) in [5.41, 5.74) is -8.89. The predicted molar refractivity (Wildman–Crippen MR) is 63.7 cm³/mol. The highest BCUT2D eigenvalue weighted by atomic mass is 19.4. The molecule has 0 bridgehead atoms. The molecule has 1 aromatic carbocycles. The minimum absolute atomic E-state index is 0.686. The lowest BCUT2D eigenvalue weighted by atomic mass is 9.85. The topological polar surface area (TPSA) is 26.0 Å². The van der Waals surface area contributed by atoms with Gasteiger partial charge in [-0.05, 0) is 18.1 Å². The lowest BCUT2D eigenvalue weighted by molar-refractivity contribution is -0.176. The van der Waals surface area contributed by atoms with Gasteiger partial charge in [-0.25, -0.2) is 0 Å². The molecule has 0 saturated carbocycles. The zero-order valence-electron chi connectivity index (χ0n) is 12.5. The molecule has 1 aromatic rings. The van der Waals surface area contributed by atoms with Crippen LogP contribution in [0.1, 0.15) is 47.2 Å². The van der Waals surface area contributed by atoms with Crippen LogP contribution in [0, 0.1) is 0 Å². The van der Waals surface area contributed by atoms with Gasteiger partial charge in [0.05, 0.1) is 22.3 Å². The second kappa shape index (κ2) is 6.50. The fraction of sp³-hybridized carbons (Fsp3) is 0.538. The Morgan fingerprint density at radius 2 is 1.08 bits per heavy atom. The van der Waals surface area contributed by atoms with Gasteiger partial charge in [-0.1, -0.05) is 6.92 Å².